The van der Waals surface area contributed by atoms with Crippen LogP contribution in [0.15, 0.2) is 24.3 Å². The van der Waals surface area contributed by atoms with E-state index in [9.17, 15) is 9.90 Å². The van der Waals surface area contributed by atoms with E-state index in [0.717, 1.165) is 37.4 Å². The lowest BCUT2D eigenvalue weighted by molar-refractivity contribution is -0.147. The summed E-state index contributed by atoms with van der Waals surface area (Å²) in [7, 11) is 0. The lowest BCUT2D eigenvalue weighted by Crippen LogP contribution is -2.41. The number of carboxylic acid groups (broad SMARTS) is 1. The number of benzene rings is 1. The molecule has 23 heavy (non-hydrogen) atoms. The maximum atomic E-state index is 11.9. The first kappa shape index (κ1) is 16.3. The Morgan fingerprint density at radius 2 is 1.87 bits per heavy atom. The van der Waals surface area contributed by atoms with Gasteiger partial charge < -0.3 is 19.3 Å². The summed E-state index contributed by atoms with van der Waals surface area (Å²) in [5.74, 6) is 0.493. The van der Waals surface area contributed by atoms with E-state index >= 15 is 0 Å². The highest BCUT2D eigenvalue weighted by Crippen LogP contribution is 2.36. The van der Waals surface area contributed by atoms with E-state index in [1.165, 1.54) is 0 Å². The van der Waals surface area contributed by atoms with Gasteiger partial charge in [-0.3, -0.25) is 4.79 Å². The van der Waals surface area contributed by atoms with Crippen LogP contribution in [0.25, 0.3) is 0 Å². The Balaban J connectivity index is 1.71. The molecular formula is C18H24O5. The van der Waals surface area contributed by atoms with Crippen LogP contribution >= 0.6 is 0 Å². The molecule has 1 aromatic rings. The molecule has 2 aliphatic rings. The van der Waals surface area contributed by atoms with Crippen LogP contribution < -0.4 is 4.74 Å². The highest BCUT2D eigenvalue weighted by atomic mass is 16.5. The molecule has 5 heteroatoms. The van der Waals surface area contributed by atoms with E-state index in [2.05, 4.69) is 0 Å². The topological polar surface area (TPSA) is 65.0 Å². The van der Waals surface area contributed by atoms with E-state index in [0.29, 0.717) is 38.6 Å². The Morgan fingerprint density at radius 1 is 1.17 bits per heavy atom. The first-order chi connectivity index (χ1) is 11.2. The number of rotatable bonds is 5. The van der Waals surface area contributed by atoms with Gasteiger partial charge in [0.2, 0.25) is 0 Å². The van der Waals surface area contributed by atoms with Crippen LogP contribution in [0.4, 0.5) is 0 Å². The number of hydrogen-bond donors (Lipinski definition) is 1. The molecule has 0 bridgehead atoms. The largest absolute Gasteiger partial charge is 0.493 e. The van der Waals surface area contributed by atoms with Crippen LogP contribution in [0.3, 0.4) is 0 Å². The van der Waals surface area contributed by atoms with Gasteiger partial charge in [-0.15, -0.1) is 0 Å². The van der Waals surface area contributed by atoms with Crippen LogP contribution in [0.1, 0.15) is 31.2 Å². The second-order valence-electron chi connectivity index (χ2n) is 6.39. The molecule has 0 atom stereocenters. The van der Waals surface area contributed by atoms with Crippen molar-refractivity contribution in [2.24, 2.45) is 5.92 Å². The minimum atomic E-state index is -0.851. The van der Waals surface area contributed by atoms with Crippen molar-refractivity contribution in [3.63, 3.8) is 0 Å². The standard InChI is InChI=1S/C18H24O5/c19-17(20)18(6-10-22-11-7-18)15-2-1-3-16(12-15)23-13-14-4-8-21-9-5-14/h1-3,12,14H,4-11,13H2,(H,19,20). The summed E-state index contributed by atoms with van der Waals surface area (Å²) < 4.78 is 16.6. The molecule has 126 valence electrons. The van der Waals surface area contributed by atoms with Gasteiger partial charge in [0.25, 0.3) is 0 Å². The zero-order valence-electron chi connectivity index (χ0n) is 13.3. The SMILES string of the molecule is O=C(O)C1(c2cccc(OCC3CCOCC3)c2)CCOCC1. The molecule has 2 saturated heterocycles. The molecule has 0 aliphatic carbocycles. The first-order valence-corrected chi connectivity index (χ1v) is 8.33. The summed E-state index contributed by atoms with van der Waals surface area (Å²) in [6, 6.07) is 7.56. The molecule has 1 aromatic carbocycles. The second kappa shape index (κ2) is 7.32. The molecule has 2 aliphatic heterocycles. The average Bonchev–Trinajstić information content (AvgIpc) is 2.61. The molecule has 5 nitrogen and oxygen atoms in total. The fourth-order valence-corrected chi connectivity index (χ4v) is 3.36. The fourth-order valence-electron chi connectivity index (χ4n) is 3.36. The minimum absolute atomic E-state index is 0.486. The van der Waals surface area contributed by atoms with Gasteiger partial charge >= 0.3 is 5.97 Å². The predicted molar refractivity (Wildman–Crippen MR) is 84.8 cm³/mol. The van der Waals surface area contributed by atoms with Crippen molar-refractivity contribution in [1.29, 1.82) is 0 Å². The zero-order chi connectivity index (χ0) is 16.1. The fraction of sp³-hybridized carbons (Fsp3) is 0.611. The third kappa shape index (κ3) is 3.67. The monoisotopic (exact) mass is 320 g/mol. The summed E-state index contributed by atoms with van der Waals surface area (Å²) in [5, 5.41) is 9.76. The molecule has 0 aromatic heterocycles. The zero-order valence-corrected chi connectivity index (χ0v) is 13.3. The number of aliphatic carboxylic acids is 1. The molecule has 0 amide bonds. The summed E-state index contributed by atoms with van der Waals surface area (Å²) in [5.41, 5.74) is -0.0335. The van der Waals surface area contributed by atoms with Gasteiger partial charge in [0.05, 0.1) is 12.0 Å². The Bertz CT molecular complexity index is 530. The van der Waals surface area contributed by atoms with E-state index in [1.807, 2.05) is 24.3 Å². The summed E-state index contributed by atoms with van der Waals surface area (Å²) in [6.07, 6.45) is 3.06. The van der Waals surface area contributed by atoms with Crippen LogP contribution in [0.2, 0.25) is 0 Å². The number of ether oxygens (including phenoxy) is 3. The van der Waals surface area contributed by atoms with Crippen LogP contribution in [0.5, 0.6) is 5.75 Å². The molecule has 3 rings (SSSR count). The van der Waals surface area contributed by atoms with Crippen molar-refractivity contribution < 1.29 is 24.1 Å². The molecule has 0 radical (unpaired) electrons. The second-order valence-corrected chi connectivity index (χ2v) is 6.39. The Kier molecular flexibility index (Phi) is 5.18. The molecule has 0 spiro atoms. The third-order valence-corrected chi connectivity index (χ3v) is 4.97. The van der Waals surface area contributed by atoms with Crippen LogP contribution in [-0.2, 0) is 19.7 Å². The highest BCUT2D eigenvalue weighted by molar-refractivity contribution is 5.81. The lowest BCUT2D eigenvalue weighted by Gasteiger charge is -2.33. The van der Waals surface area contributed by atoms with Crippen molar-refractivity contribution in [3.05, 3.63) is 29.8 Å². The molecule has 0 saturated carbocycles. The van der Waals surface area contributed by atoms with Gasteiger partial charge in [-0.2, -0.15) is 0 Å². The Hall–Kier alpha value is -1.59. The minimum Gasteiger partial charge on any atom is -0.493 e. The quantitative estimate of drug-likeness (QED) is 0.903. The maximum Gasteiger partial charge on any atom is 0.314 e. The highest BCUT2D eigenvalue weighted by Gasteiger charge is 2.42. The third-order valence-electron chi connectivity index (χ3n) is 4.97. The molecule has 1 N–H and O–H groups in total. The van der Waals surface area contributed by atoms with Gasteiger partial charge in [0, 0.05) is 26.4 Å². The lowest BCUT2D eigenvalue weighted by atomic mass is 9.74. The van der Waals surface area contributed by atoms with Gasteiger partial charge in [-0.1, -0.05) is 12.1 Å². The molecular weight excluding hydrogens is 296 g/mol. The normalized spacial score (nSPS) is 21.7. The smallest absolute Gasteiger partial charge is 0.314 e. The Morgan fingerprint density at radius 3 is 2.57 bits per heavy atom. The first-order valence-electron chi connectivity index (χ1n) is 8.33. The van der Waals surface area contributed by atoms with Crippen molar-refractivity contribution >= 4 is 5.97 Å². The Labute approximate surface area is 136 Å². The van der Waals surface area contributed by atoms with Gasteiger partial charge in [-0.05, 0) is 49.3 Å². The van der Waals surface area contributed by atoms with E-state index in [-0.39, 0.29) is 0 Å². The van der Waals surface area contributed by atoms with Crippen molar-refractivity contribution in [2.75, 3.05) is 33.0 Å². The summed E-state index contributed by atoms with van der Waals surface area (Å²) >= 11 is 0. The number of carbonyl (C=O) groups is 1. The van der Waals surface area contributed by atoms with Gasteiger partial charge in [-0.25, -0.2) is 0 Å². The average molecular weight is 320 g/mol. The van der Waals surface area contributed by atoms with Crippen LogP contribution in [0, 0.1) is 5.92 Å². The van der Waals surface area contributed by atoms with Crippen molar-refractivity contribution in [3.8, 4) is 5.75 Å². The van der Waals surface area contributed by atoms with E-state index in [4.69, 9.17) is 14.2 Å². The van der Waals surface area contributed by atoms with Gasteiger partial charge in [0.1, 0.15) is 5.75 Å². The van der Waals surface area contributed by atoms with E-state index < -0.39 is 11.4 Å². The van der Waals surface area contributed by atoms with Crippen LogP contribution in [-0.4, -0.2) is 44.1 Å². The van der Waals surface area contributed by atoms with Crippen molar-refractivity contribution in [2.45, 2.75) is 31.1 Å². The predicted octanol–water partition coefficient (Wildman–Crippen LogP) is 2.62. The van der Waals surface area contributed by atoms with Crippen molar-refractivity contribution in [1.82, 2.24) is 0 Å². The molecule has 2 heterocycles. The number of carboxylic acids is 1. The summed E-state index contributed by atoms with van der Waals surface area (Å²) in [6.45, 7) is 3.24. The van der Waals surface area contributed by atoms with Gasteiger partial charge in [0.15, 0.2) is 0 Å². The maximum absolute atomic E-state index is 11.9. The summed E-state index contributed by atoms with van der Waals surface area (Å²) in [4.78, 5) is 11.9. The van der Waals surface area contributed by atoms with E-state index in [1.54, 1.807) is 0 Å². The number of hydrogen-bond acceptors (Lipinski definition) is 4. The molecule has 0 unspecified atom stereocenters. The molecule has 2 fully saturated rings.